The van der Waals surface area contributed by atoms with Gasteiger partial charge >= 0.3 is 6.18 Å². The standard InChI is InChI=1S/C14H11F3S/c1-18-13-8-3-2-7-12(13)10-5-4-6-11(9-10)14(15,16)17/h2-9H,1H3. The molecule has 4 heteroatoms. The number of alkyl halides is 3. The van der Waals surface area contributed by atoms with Crippen molar-refractivity contribution in [3.63, 3.8) is 0 Å². The van der Waals surface area contributed by atoms with Crippen LogP contribution in [0.2, 0.25) is 0 Å². The lowest BCUT2D eigenvalue weighted by Crippen LogP contribution is -2.04. The van der Waals surface area contributed by atoms with Gasteiger partial charge in [-0.2, -0.15) is 13.2 Å². The Kier molecular flexibility index (Phi) is 3.66. The molecule has 0 nitrogen and oxygen atoms in total. The average Bonchev–Trinajstić information content (AvgIpc) is 2.38. The summed E-state index contributed by atoms with van der Waals surface area (Å²) in [6.07, 6.45) is -2.39. The van der Waals surface area contributed by atoms with Gasteiger partial charge in [0.05, 0.1) is 5.56 Å². The smallest absolute Gasteiger partial charge is 0.166 e. The lowest BCUT2D eigenvalue weighted by Gasteiger charge is -2.11. The molecule has 18 heavy (non-hydrogen) atoms. The van der Waals surface area contributed by atoms with E-state index in [9.17, 15) is 13.2 Å². The van der Waals surface area contributed by atoms with E-state index >= 15 is 0 Å². The lowest BCUT2D eigenvalue weighted by atomic mass is 10.0. The van der Waals surface area contributed by atoms with Crippen molar-refractivity contribution in [1.82, 2.24) is 0 Å². The van der Waals surface area contributed by atoms with Gasteiger partial charge in [-0.15, -0.1) is 11.8 Å². The molecule has 2 aromatic carbocycles. The Morgan fingerprint density at radius 1 is 0.944 bits per heavy atom. The van der Waals surface area contributed by atoms with E-state index in [1.807, 2.05) is 30.5 Å². The Bertz CT molecular complexity index is 547. The van der Waals surface area contributed by atoms with Gasteiger partial charge in [0.1, 0.15) is 0 Å². The maximum Gasteiger partial charge on any atom is 0.416 e. The highest BCUT2D eigenvalue weighted by atomic mass is 32.2. The topological polar surface area (TPSA) is 0 Å². The molecule has 0 atom stereocenters. The normalized spacial score (nSPS) is 11.6. The number of thioether (sulfide) groups is 1. The number of hydrogen-bond donors (Lipinski definition) is 0. The van der Waals surface area contributed by atoms with Crippen LogP contribution in [0.3, 0.4) is 0 Å². The van der Waals surface area contributed by atoms with Gasteiger partial charge < -0.3 is 0 Å². The molecule has 2 rings (SSSR count). The van der Waals surface area contributed by atoms with Crippen LogP contribution in [0, 0.1) is 0 Å². The third kappa shape index (κ3) is 2.70. The van der Waals surface area contributed by atoms with E-state index in [1.54, 1.807) is 6.07 Å². The van der Waals surface area contributed by atoms with Gasteiger partial charge in [0.15, 0.2) is 0 Å². The first-order valence-corrected chi connectivity index (χ1v) is 6.55. The number of benzene rings is 2. The molecule has 0 fully saturated rings. The van der Waals surface area contributed by atoms with Crippen molar-refractivity contribution in [2.75, 3.05) is 6.26 Å². The van der Waals surface area contributed by atoms with Crippen LogP contribution in [0.15, 0.2) is 53.4 Å². The summed E-state index contributed by atoms with van der Waals surface area (Å²) in [5.41, 5.74) is 0.807. The Morgan fingerprint density at radius 3 is 2.33 bits per heavy atom. The molecule has 0 heterocycles. The summed E-state index contributed by atoms with van der Waals surface area (Å²) in [5, 5.41) is 0. The van der Waals surface area contributed by atoms with E-state index in [-0.39, 0.29) is 0 Å². The van der Waals surface area contributed by atoms with E-state index in [0.29, 0.717) is 5.56 Å². The SMILES string of the molecule is CSc1ccccc1-c1cccc(C(F)(F)F)c1. The number of halogens is 3. The average molecular weight is 268 g/mol. The predicted octanol–water partition coefficient (Wildman–Crippen LogP) is 5.09. The molecule has 0 aliphatic rings. The highest BCUT2D eigenvalue weighted by molar-refractivity contribution is 7.98. The minimum absolute atomic E-state index is 0.592. The maximum absolute atomic E-state index is 12.7. The van der Waals surface area contributed by atoms with Crippen LogP contribution in [0.25, 0.3) is 11.1 Å². The molecular weight excluding hydrogens is 257 g/mol. The van der Waals surface area contributed by atoms with Crippen molar-refractivity contribution in [2.24, 2.45) is 0 Å². The van der Waals surface area contributed by atoms with Crippen molar-refractivity contribution < 1.29 is 13.2 Å². The highest BCUT2D eigenvalue weighted by Gasteiger charge is 2.30. The van der Waals surface area contributed by atoms with Crippen LogP contribution in [0.4, 0.5) is 13.2 Å². The molecule has 0 bridgehead atoms. The van der Waals surface area contributed by atoms with E-state index in [0.717, 1.165) is 16.5 Å². The predicted molar refractivity (Wildman–Crippen MR) is 68.7 cm³/mol. The molecule has 0 saturated heterocycles. The van der Waals surface area contributed by atoms with Gasteiger partial charge in [-0.1, -0.05) is 30.3 Å². The van der Waals surface area contributed by atoms with Crippen molar-refractivity contribution in [2.45, 2.75) is 11.1 Å². The Balaban J connectivity index is 2.51. The van der Waals surface area contributed by atoms with E-state index in [1.165, 1.54) is 23.9 Å². The lowest BCUT2D eigenvalue weighted by molar-refractivity contribution is -0.137. The number of hydrogen-bond acceptors (Lipinski definition) is 1. The molecule has 0 N–H and O–H groups in total. The summed E-state index contributed by atoms with van der Waals surface area (Å²) in [6.45, 7) is 0. The fourth-order valence-electron chi connectivity index (χ4n) is 1.75. The Labute approximate surface area is 108 Å². The maximum atomic E-state index is 12.7. The summed E-state index contributed by atoms with van der Waals surface area (Å²) in [7, 11) is 0. The molecule has 0 saturated carbocycles. The quantitative estimate of drug-likeness (QED) is 0.683. The van der Waals surface area contributed by atoms with Crippen LogP contribution in [0.1, 0.15) is 5.56 Å². The molecule has 2 aromatic rings. The first-order chi connectivity index (χ1) is 8.52. The fourth-order valence-corrected chi connectivity index (χ4v) is 2.37. The van der Waals surface area contributed by atoms with Gasteiger partial charge in [-0.05, 0) is 35.6 Å². The van der Waals surface area contributed by atoms with Gasteiger partial charge in [-0.25, -0.2) is 0 Å². The van der Waals surface area contributed by atoms with Crippen LogP contribution in [-0.4, -0.2) is 6.26 Å². The molecule has 0 aliphatic carbocycles. The van der Waals surface area contributed by atoms with E-state index in [2.05, 4.69) is 0 Å². The number of rotatable bonds is 2. The summed E-state index contributed by atoms with van der Waals surface area (Å²) in [4.78, 5) is 0.969. The molecule has 0 amide bonds. The second-order valence-electron chi connectivity index (χ2n) is 3.78. The molecule has 0 radical (unpaired) electrons. The summed E-state index contributed by atoms with van der Waals surface area (Å²) in [6, 6.07) is 12.9. The van der Waals surface area contributed by atoms with Crippen molar-refractivity contribution in [1.29, 1.82) is 0 Å². The van der Waals surface area contributed by atoms with Crippen LogP contribution >= 0.6 is 11.8 Å². The van der Waals surface area contributed by atoms with Gasteiger partial charge in [0, 0.05) is 4.90 Å². The van der Waals surface area contributed by atoms with Crippen LogP contribution in [-0.2, 0) is 6.18 Å². The summed E-state index contributed by atoms with van der Waals surface area (Å²) < 4.78 is 38.0. The minimum atomic E-state index is -4.30. The largest absolute Gasteiger partial charge is 0.416 e. The highest BCUT2D eigenvalue weighted by Crippen LogP contribution is 2.35. The Morgan fingerprint density at radius 2 is 1.67 bits per heavy atom. The zero-order valence-electron chi connectivity index (χ0n) is 9.66. The summed E-state index contributed by atoms with van der Waals surface area (Å²) >= 11 is 1.52. The first kappa shape index (κ1) is 13.0. The molecule has 0 spiro atoms. The van der Waals surface area contributed by atoms with Gasteiger partial charge in [0.25, 0.3) is 0 Å². The molecule has 0 aromatic heterocycles. The van der Waals surface area contributed by atoms with Crippen molar-refractivity contribution in [3.8, 4) is 11.1 Å². The van der Waals surface area contributed by atoms with Gasteiger partial charge in [-0.3, -0.25) is 0 Å². The van der Waals surface area contributed by atoms with Crippen molar-refractivity contribution >= 4 is 11.8 Å². The molecule has 94 valence electrons. The van der Waals surface area contributed by atoms with Crippen molar-refractivity contribution in [3.05, 3.63) is 54.1 Å². The monoisotopic (exact) mass is 268 g/mol. The fraction of sp³-hybridized carbons (Fsp3) is 0.143. The van der Waals surface area contributed by atoms with E-state index < -0.39 is 11.7 Å². The van der Waals surface area contributed by atoms with E-state index in [4.69, 9.17) is 0 Å². The third-order valence-electron chi connectivity index (χ3n) is 2.61. The molecule has 0 unspecified atom stereocenters. The Hall–Kier alpha value is -1.42. The third-order valence-corrected chi connectivity index (χ3v) is 3.40. The summed E-state index contributed by atoms with van der Waals surface area (Å²) in [5.74, 6) is 0. The minimum Gasteiger partial charge on any atom is -0.166 e. The van der Waals surface area contributed by atoms with Crippen LogP contribution < -0.4 is 0 Å². The first-order valence-electron chi connectivity index (χ1n) is 5.33. The van der Waals surface area contributed by atoms with Crippen LogP contribution in [0.5, 0.6) is 0 Å². The second-order valence-corrected chi connectivity index (χ2v) is 4.63. The molecular formula is C14H11F3S. The second kappa shape index (κ2) is 5.06. The zero-order chi connectivity index (χ0) is 13.2. The molecule has 0 aliphatic heterocycles. The van der Waals surface area contributed by atoms with Gasteiger partial charge in [0.2, 0.25) is 0 Å². The zero-order valence-corrected chi connectivity index (χ0v) is 10.5.